The summed E-state index contributed by atoms with van der Waals surface area (Å²) in [6.45, 7) is 4.21. The maximum Gasteiger partial charge on any atom is 0.131 e. The molecule has 0 amide bonds. The first-order valence-electron chi connectivity index (χ1n) is 7.22. The predicted molar refractivity (Wildman–Crippen MR) is 75.9 cm³/mol. The summed E-state index contributed by atoms with van der Waals surface area (Å²) < 4.78 is 19.3. The standard InChI is InChI=1S/C16H24FNO/c1-11(13-7-4-5-8-13)18-12(2)16-14(17)9-6-10-15(16)19-3/h6,9-13,18H,4-5,7-8H2,1-3H3/t11-,12?/m1/s1. The van der Waals surface area contributed by atoms with Gasteiger partial charge < -0.3 is 10.1 Å². The van der Waals surface area contributed by atoms with E-state index < -0.39 is 0 Å². The van der Waals surface area contributed by atoms with Crippen LogP contribution in [0.1, 0.15) is 51.1 Å². The Hall–Kier alpha value is -1.09. The van der Waals surface area contributed by atoms with E-state index in [2.05, 4.69) is 12.2 Å². The summed E-state index contributed by atoms with van der Waals surface area (Å²) in [6.07, 6.45) is 5.23. The third-order valence-electron chi connectivity index (χ3n) is 4.29. The van der Waals surface area contributed by atoms with E-state index in [0.717, 1.165) is 5.92 Å². The van der Waals surface area contributed by atoms with Crippen molar-refractivity contribution in [2.45, 2.75) is 51.6 Å². The van der Waals surface area contributed by atoms with Gasteiger partial charge in [-0.05, 0) is 44.7 Å². The van der Waals surface area contributed by atoms with E-state index in [-0.39, 0.29) is 11.9 Å². The van der Waals surface area contributed by atoms with E-state index in [4.69, 9.17) is 4.74 Å². The Morgan fingerprint density at radius 3 is 2.58 bits per heavy atom. The van der Waals surface area contributed by atoms with Crippen LogP contribution in [0.25, 0.3) is 0 Å². The molecule has 0 heterocycles. The molecule has 1 saturated carbocycles. The molecule has 1 N–H and O–H groups in total. The normalized spacial score (nSPS) is 19.4. The molecular weight excluding hydrogens is 241 g/mol. The summed E-state index contributed by atoms with van der Waals surface area (Å²) in [6, 6.07) is 5.38. The van der Waals surface area contributed by atoms with Crippen molar-refractivity contribution in [2.24, 2.45) is 5.92 Å². The average molecular weight is 265 g/mol. The molecule has 1 aromatic carbocycles. The first-order valence-corrected chi connectivity index (χ1v) is 7.22. The highest BCUT2D eigenvalue weighted by atomic mass is 19.1. The van der Waals surface area contributed by atoms with Crippen LogP contribution in [-0.2, 0) is 0 Å². The number of methoxy groups -OCH3 is 1. The summed E-state index contributed by atoms with van der Waals surface area (Å²) in [4.78, 5) is 0. The molecule has 0 bridgehead atoms. The lowest BCUT2D eigenvalue weighted by atomic mass is 9.97. The van der Waals surface area contributed by atoms with E-state index in [1.807, 2.05) is 13.0 Å². The van der Waals surface area contributed by atoms with Crippen LogP contribution >= 0.6 is 0 Å². The van der Waals surface area contributed by atoms with E-state index in [0.29, 0.717) is 17.4 Å². The van der Waals surface area contributed by atoms with Crippen LogP contribution in [0.2, 0.25) is 0 Å². The molecular formula is C16H24FNO. The van der Waals surface area contributed by atoms with E-state index in [9.17, 15) is 4.39 Å². The minimum absolute atomic E-state index is 0.0354. The highest BCUT2D eigenvalue weighted by molar-refractivity contribution is 5.36. The highest BCUT2D eigenvalue weighted by Crippen LogP contribution is 2.31. The van der Waals surface area contributed by atoms with Gasteiger partial charge in [0, 0.05) is 17.6 Å². The molecule has 1 aliphatic carbocycles. The summed E-state index contributed by atoms with van der Waals surface area (Å²) >= 11 is 0. The fourth-order valence-corrected chi connectivity index (χ4v) is 3.19. The number of benzene rings is 1. The lowest BCUT2D eigenvalue weighted by Crippen LogP contribution is -2.34. The number of hydrogen-bond acceptors (Lipinski definition) is 2. The summed E-state index contributed by atoms with van der Waals surface area (Å²) in [5, 5.41) is 3.53. The molecule has 0 aliphatic heterocycles. The van der Waals surface area contributed by atoms with Crippen LogP contribution in [0.15, 0.2) is 18.2 Å². The largest absolute Gasteiger partial charge is 0.496 e. The Balaban J connectivity index is 2.08. The monoisotopic (exact) mass is 265 g/mol. The quantitative estimate of drug-likeness (QED) is 0.866. The third-order valence-corrected chi connectivity index (χ3v) is 4.29. The molecule has 0 spiro atoms. The molecule has 19 heavy (non-hydrogen) atoms. The van der Waals surface area contributed by atoms with Crippen LogP contribution < -0.4 is 10.1 Å². The van der Waals surface area contributed by atoms with Gasteiger partial charge in [-0.1, -0.05) is 18.9 Å². The molecule has 1 unspecified atom stereocenters. The van der Waals surface area contributed by atoms with E-state index >= 15 is 0 Å². The molecule has 1 aliphatic rings. The molecule has 2 atom stereocenters. The molecule has 106 valence electrons. The fraction of sp³-hybridized carbons (Fsp3) is 0.625. The van der Waals surface area contributed by atoms with Crippen LogP contribution in [0, 0.1) is 11.7 Å². The first-order chi connectivity index (χ1) is 9.13. The topological polar surface area (TPSA) is 21.3 Å². The van der Waals surface area contributed by atoms with Gasteiger partial charge in [-0.25, -0.2) is 4.39 Å². The fourth-order valence-electron chi connectivity index (χ4n) is 3.19. The van der Waals surface area contributed by atoms with Crippen molar-refractivity contribution < 1.29 is 9.13 Å². The second kappa shape index (κ2) is 6.38. The Bertz CT molecular complexity index is 415. The lowest BCUT2D eigenvalue weighted by molar-refractivity contribution is 0.338. The number of hydrogen-bond donors (Lipinski definition) is 1. The van der Waals surface area contributed by atoms with Gasteiger partial charge in [0.2, 0.25) is 0 Å². The van der Waals surface area contributed by atoms with Crippen molar-refractivity contribution in [2.75, 3.05) is 7.11 Å². The SMILES string of the molecule is COc1cccc(F)c1C(C)N[C@H](C)C1CCCC1. The molecule has 0 aromatic heterocycles. The molecule has 0 saturated heterocycles. The predicted octanol–water partition coefficient (Wildman–Crippen LogP) is 4.06. The summed E-state index contributed by atoms with van der Waals surface area (Å²) in [5.74, 6) is 1.15. The lowest BCUT2D eigenvalue weighted by Gasteiger charge is -2.26. The molecule has 0 radical (unpaired) electrons. The van der Waals surface area contributed by atoms with Gasteiger partial charge in [0.1, 0.15) is 11.6 Å². The smallest absolute Gasteiger partial charge is 0.131 e. The zero-order chi connectivity index (χ0) is 13.8. The molecule has 2 nitrogen and oxygen atoms in total. The number of ether oxygens (including phenoxy) is 1. The van der Waals surface area contributed by atoms with E-state index in [1.54, 1.807) is 13.2 Å². The highest BCUT2D eigenvalue weighted by Gasteiger charge is 2.24. The zero-order valence-electron chi connectivity index (χ0n) is 12.1. The van der Waals surface area contributed by atoms with Gasteiger partial charge in [-0.3, -0.25) is 0 Å². The van der Waals surface area contributed by atoms with Gasteiger partial charge in [0.15, 0.2) is 0 Å². The van der Waals surface area contributed by atoms with Crippen molar-refractivity contribution >= 4 is 0 Å². The maximum atomic E-state index is 14.0. The summed E-state index contributed by atoms with van der Waals surface area (Å²) in [5.41, 5.74) is 0.634. The van der Waals surface area contributed by atoms with Gasteiger partial charge in [-0.2, -0.15) is 0 Å². The number of nitrogens with one attached hydrogen (secondary N) is 1. The second-order valence-electron chi connectivity index (χ2n) is 5.58. The average Bonchev–Trinajstić information content (AvgIpc) is 2.92. The Labute approximate surface area is 115 Å². The second-order valence-corrected chi connectivity index (χ2v) is 5.58. The van der Waals surface area contributed by atoms with Crippen molar-refractivity contribution in [1.29, 1.82) is 0 Å². The van der Waals surface area contributed by atoms with Gasteiger partial charge in [0.25, 0.3) is 0 Å². The number of halogens is 1. The molecule has 1 aromatic rings. The Morgan fingerprint density at radius 2 is 1.95 bits per heavy atom. The number of rotatable bonds is 5. The van der Waals surface area contributed by atoms with Crippen LogP contribution in [0.4, 0.5) is 4.39 Å². The van der Waals surface area contributed by atoms with Crippen LogP contribution in [0.5, 0.6) is 5.75 Å². The van der Waals surface area contributed by atoms with Gasteiger partial charge in [0.05, 0.1) is 7.11 Å². The first kappa shape index (κ1) is 14.3. The molecule has 2 rings (SSSR count). The minimum Gasteiger partial charge on any atom is -0.496 e. The van der Waals surface area contributed by atoms with Crippen molar-refractivity contribution in [3.05, 3.63) is 29.6 Å². The van der Waals surface area contributed by atoms with Crippen LogP contribution in [-0.4, -0.2) is 13.2 Å². The summed E-state index contributed by atoms with van der Waals surface area (Å²) in [7, 11) is 1.59. The molecule has 3 heteroatoms. The Kier molecular flexibility index (Phi) is 4.81. The minimum atomic E-state index is -0.196. The maximum absolute atomic E-state index is 14.0. The van der Waals surface area contributed by atoms with Crippen molar-refractivity contribution in [1.82, 2.24) is 5.32 Å². The van der Waals surface area contributed by atoms with E-state index in [1.165, 1.54) is 31.7 Å². The Morgan fingerprint density at radius 1 is 1.26 bits per heavy atom. The van der Waals surface area contributed by atoms with Gasteiger partial charge in [-0.15, -0.1) is 0 Å². The van der Waals surface area contributed by atoms with Gasteiger partial charge >= 0.3 is 0 Å². The zero-order valence-corrected chi connectivity index (χ0v) is 12.1. The molecule has 1 fully saturated rings. The van der Waals surface area contributed by atoms with Crippen molar-refractivity contribution in [3.63, 3.8) is 0 Å². The van der Waals surface area contributed by atoms with Crippen LogP contribution in [0.3, 0.4) is 0 Å². The van der Waals surface area contributed by atoms with Crippen molar-refractivity contribution in [3.8, 4) is 5.75 Å². The third kappa shape index (κ3) is 3.27.